The highest BCUT2D eigenvalue weighted by Gasteiger charge is 2.02. The maximum atomic E-state index is 11.0. The molecule has 0 aliphatic heterocycles. The van der Waals surface area contributed by atoms with Crippen molar-refractivity contribution in [1.82, 2.24) is 0 Å². The summed E-state index contributed by atoms with van der Waals surface area (Å²) in [6, 6.07) is 0. The van der Waals surface area contributed by atoms with Gasteiger partial charge in [0.25, 0.3) is 0 Å². The lowest BCUT2D eigenvalue weighted by Crippen LogP contribution is -2.03. The second-order valence-corrected chi connectivity index (χ2v) is 6.92. The molecule has 0 aliphatic rings. The number of rotatable bonds is 11. The van der Waals surface area contributed by atoms with Gasteiger partial charge in [0.1, 0.15) is 9.84 Å². The predicted octanol–water partition coefficient (Wildman–Crippen LogP) is 2.71. The molecule has 0 heterocycles. The van der Waals surface area contributed by atoms with Crippen LogP contribution in [0, 0.1) is 0 Å². The van der Waals surface area contributed by atoms with E-state index in [2.05, 4.69) is 0 Å². The zero-order chi connectivity index (χ0) is 13.9. The van der Waals surface area contributed by atoms with Gasteiger partial charge < -0.3 is 4.74 Å². The van der Waals surface area contributed by atoms with Crippen LogP contribution in [0.25, 0.3) is 0 Å². The normalized spacial score (nSPS) is 11.4. The van der Waals surface area contributed by atoms with Crippen molar-refractivity contribution in [3.8, 4) is 0 Å². The van der Waals surface area contributed by atoms with Crippen molar-refractivity contribution < 1.29 is 17.9 Å². The molecular weight excluding hydrogens is 252 g/mol. The number of carbonyl (C=O) groups excluding carboxylic acids is 1. The summed E-state index contributed by atoms with van der Waals surface area (Å²) in [5.74, 6) is 0.196. The molecule has 108 valence electrons. The highest BCUT2D eigenvalue weighted by Crippen LogP contribution is 2.09. The van der Waals surface area contributed by atoms with E-state index in [9.17, 15) is 13.2 Å². The summed E-state index contributed by atoms with van der Waals surface area (Å²) in [4.78, 5) is 11.0. The Bertz CT molecular complexity index is 309. The fourth-order valence-electron chi connectivity index (χ4n) is 1.75. The maximum absolute atomic E-state index is 11.0. The third kappa shape index (κ3) is 13.5. The Morgan fingerprint density at radius 3 is 1.94 bits per heavy atom. The van der Waals surface area contributed by atoms with Gasteiger partial charge in [-0.3, -0.25) is 4.79 Å². The van der Waals surface area contributed by atoms with Crippen molar-refractivity contribution in [1.29, 1.82) is 0 Å². The van der Waals surface area contributed by atoms with E-state index in [0.29, 0.717) is 18.8 Å². The molecule has 0 radical (unpaired) electrons. The molecule has 0 saturated heterocycles. The van der Waals surface area contributed by atoms with E-state index in [1.54, 1.807) is 0 Å². The van der Waals surface area contributed by atoms with Gasteiger partial charge in [0.15, 0.2) is 0 Å². The molecule has 0 aliphatic carbocycles. The topological polar surface area (TPSA) is 60.4 Å². The van der Waals surface area contributed by atoms with Crippen LogP contribution in [-0.2, 0) is 19.4 Å². The second-order valence-electron chi connectivity index (χ2n) is 4.66. The fraction of sp³-hybridized carbons (Fsp3) is 0.923. The Hall–Kier alpha value is -0.580. The quantitative estimate of drug-likeness (QED) is 0.430. The molecule has 0 fully saturated rings. The molecule has 5 heteroatoms. The number of sulfone groups is 1. The lowest BCUT2D eigenvalue weighted by molar-refractivity contribution is -0.143. The van der Waals surface area contributed by atoms with Gasteiger partial charge in [-0.1, -0.05) is 32.1 Å². The molecule has 0 aromatic rings. The number of hydrogen-bond acceptors (Lipinski definition) is 4. The first-order chi connectivity index (χ1) is 8.45. The van der Waals surface area contributed by atoms with Crippen LogP contribution >= 0.6 is 0 Å². The van der Waals surface area contributed by atoms with E-state index in [1.165, 1.54) is 6.26 Å². The molecule has 0 spiro atoms. The highest BCUT2D eigenvalue weighted by atomic mass is 32.2. The van der Waals surface area contributed by atoms with Crippen LogP contribution in [0.3, 0.4) is 0 Å². The molecule has 0 unspecified atom stereocenters. The molecule has 4 nitrogen and oxygen atoms in total. The van der Waals surface area contributed by atoms with Crippen LogP contribution in [0.5, 0.6) is 0 Å². The van der Waals surface area contributed by atoms with E-state index in [-0.39, 0.29) is 5.97 Å². The Labute approximate surface area is 111 Å². The Morgan fingerprint density at radius 1 is 0.944 bits per heavy atom. The number of ether oxygens (including phenoxy) is 1. The van der Waals surface area contributed by atoms with Crippen LogP contribution in [0.4, 0.5) is 0 Å². The minimum atomic E-state index is -2.79. The predicted molar refractivity (Wildman–Crippen MR) is 73.3 cm³/mol. The van der Waals surface area contributed by atoms with Gasteiger partial charge in [-0.15, -0.1) is 0 Å². The Morgan fingerprint density at radius 2 is 1.44 bits per heavy atom. The van der Waals surface area contributed by atoms with Gasteiger partial charge in [-0.25, -0.2) is 8.42 Å². The third-order valence-electron chi connectivity index (χ3n) is 2.70. The van der Waals surface area contributed by atoms with Crippen LogP contribution in [0.15, 0.2) is 0 Å². The summed E-state index contributed by atoms with van der Waals surface area (Å²) in [5.41, 5.74) is 0. The fourth-order valence-corrected chi connectivity index (χ4v) is 2.48. The van der Waals surface area contributed by atoms with Gasteiger partial charge >= 0.3 is 5.97 Å². The largest absolute Gasteiger partial charge is 0.466 e. The zero-order valence-corrected chi connectivity index (χ0v) is 12.4. The van der Waals surface area contributed by atoms with Crippen molar-refractivity contribution in [2.24, 2.45) is 0 Å². The monoisotopic (exact) mass is 278 g/mol. The molecule has 0 rings (SSSR count). The minimum absolute atomic E-state index is 0.106. The van der Waals surface area contributed by atoms with Gasteiger partial charge in [0.2, 0.25) is 0 Å². The molecule has 0 bridgehead atoms. The SMILES string of the molecule is CCOC(=O)CCCCCCCCCS(C)(=O)=O. The second kappa shape index (κ2) is 10.4. The van der Waals surface area contributed by atoms with E-state index < -0.39 is 9.84 Å². The molecule has 0 aromatic heterocycles. The summed E-state index contributed by atoms with van der Waals surface area (Å²) in [5, 5.41) is 0. The van der Waals surface area contributed by atoms with Gasteiger partial charge in [-0.05, 0) is 19.8 Å². The minimum Gasteiger partial charge on any atom is -0.466 e. The summed E-state index contributed by atoms with van der Waals surface area (Å²) >= 11 is 0. The smallest absolute Gasteiger partial charge is 0.305 e. The number of carbonyl (C=O) groups is 1. The summed E-state index contributed by atoms with van der Waals surface area (Å²) in [6.07, 6.45) is 8.78. The van der Waals surface area contributed by atoms with E-state index in [1.807, 2.05) is 6.92 Å². The molecular formula is C13H26O4S. The lowest BCUT2D eigenvalue weighted by Gasteiger charge is -2.02. The third-order valence-corrected chi connectivity index (χ3v) is 3.73. The van der Waals surface area contributed by atoms with Crippen molar-refractivity contribution in [2.45, 2.75) is 58.3 Å². The number of esters is 1. The van der Waals surface area contributed by atoms with E-state index >= 15 is 0 Å². The summed E-state index contributed by atoms with van der Waals surface area (Å²) in [7, 11) is -2.79. The van der Waals surface area contributed by atoms with Gasteiger partial charge in [0, 0.05) is 18.4 Å². The van der Waals surface area contributed by atoms with Gasteiger partial charge in [-0.2, -0.15) is 0 Å². The Balaban J connectivity index is 3.19. The standard InChI is InChI=1S/C13H26O4S/c1-3-17-13(14)11-9-7-5-4-6-8-10-12-18(2,15)16/h3-12H2,1-2H3. The lowest BCUT2D eigenvalue weighted by atomic mass is 10.1. The van der Waals surface area contributed by atoms with E-state index in [4.69, 9.17) is 4.74 Å². The van der Waals surface area contributed by atoms with Crippen LogP contribution < -0.4 is 0 Å². The highest BCUT2D eigenvalue weighted by molar-refractivity contribution is 7.90. The molecule has 0 atom stereocenters. The average Bonchev–Trinajstić information content (AvgIpc) is 2.25. The summed E-state index contributed by atoms with van der Waals surface area (Å²) < 4.78 is 26.6. The van der Waals surface area contributed by atoms with Crippen molar-refractivity contribution >= 4 is 15.8 Å². The molecule has 18 heavy (non-hydrogen) atoms. The number of unbranched alkanes of at least 4 members (excludes halogenated alkanes) is 6. The van der Waals surface area contributed by atoms with Gasteiger partial charge in [0.05, 0.1) is 6.61 Å². The summed E-state index contributed by atoms with van der Waals surface area (Å²) in [6.45, 7) is 2.27. The molecule has 0 aromatic carbocycles. The first-order valence-electron chi connectivity index (χ1n) is 6.79. The average molecular weight is 278 g/mol. The molecule has 0 saturated carbocycles. The van der Waals surface area contributed by atoms with E-state index in [0.717, 1.165) is 44.9 Å². The first kappa shape index (κ1) is 17.4. The van der Waals surface area contributed by atoms with Crippen molar-refractivity contribution in [3.05, 3.63) is 0 Å². The van der Waals surface area contributed by atoms with Crippen LogP contribution in [0.2, 0.25) is 0 Å². The number of hydrogen-bond donors (Lipinski definition) is 0. The molecule has 0 amide bonds. The molecule has 0 N–H and O–H groups in total. The zero-order valence-electron chi connectivity index (χ0n) is 11.6. The van der Waals surface area contributed by atoms with Crippen LogP contribution in [-0.4, -0.2) is 33.0 Å². The first-order valence-corrected chi connectivity index (χ1v) is 8.85. The van der Waals surface area contributed by atoms with Crippen LogP contribution in [0.1, 0.15) is 58.3 Å². The van der Waals surface area contributed by atoms with Crippen molar-refractivity contribution in [3.63, 3.8) is 0 Å². The maximum Gasteiger partial charge on any atom is 0.305 e. The Kier molecular flexibility index (Phi) is 10.0. The van der Waals surface area contributed by atoms with Crippen molar-refractivity contribution in [2.75, 3.05) is 18.6 Å².